The zero-order valence-corrected chi connectivity index (χ0v) is 10.4. The predicted octanol–water partition coefficient (Wildman–Crippen LogP) is 3.16. The molecule has 1 aromatic heterocycles. The summed E-state index contributed by atoms with van der Waals surface area (Å²) in [6, 6.07) is 5.82. The van der Waals surface area contributed by atoms with Gasteiger partial charge in [-0.2, -0.15) is 0 Å². The highest BCUT2D eigenvalue weighted by Crippen LogP contribution is 2.31. The number of hydrogen-bond donors (Lipinski definition) is 1. The average Bonchev–Trinajstić information content (AvgIpc) is 2.65. The molecule has 78 valence electrons. The van der Waals surface area contributed by atoms with Gasteiger partial charge in [-0.15, -0.1) is 11.3 Å². The van der Waals surface area contributed by atoms with E-state index in [0.29, 0.717) is 5.13 Å². The molecule has 1 heterocycles. The summed E-state index contributed by atoms with van der Waals surface area (Å²) < 4.78 is 6.06. The van der Waals surface area contributed by atoms with Gasteiger partial charge in [0.1, 0.15) is 5.75 Å². The summed E-state index contributed by atoms with van der Waals surface area (Å²) in [5, 5.41) is 2.51. The van der Waals surface area contributed by atoms with Crippen molar-refractivity contribution >= 4 is 32.4 Å². The number of nitrogens with zero attached hydrogens (tertiary/aromatic N) is 1. The van der Waals surface area contributed by atoms with Gasteiger partial charge in [0.25, 0.3) is 0 Å². The van der Waals surface area contributed by atoms with Crippen molar-refractivity contribution in [2.24, 2.45) is 0 Å². The standard InChI is InChI=1S/C10H9BrN2OS/c1-14-9-3-2-6(4-7(9)11)8-5-15-10(12)13-8/h2-5H,1H3,(H2,12,13). The van der Waals surface area contributed by atoms with Crippen molar-refractivity contribution < 1.29 is 4.74 Å². The summed E-state index contributed by atoms with van der Waals surface area (Å²) in [4.78, 5) is 4.21. The Bertz CT molecular complexity index is 484. The lowest BCUT2D eigenvalue weighted by molar-refractivity contribution is 0.412. The fourth-order valence-corrected chi connectivity index (χ4v) is 2.36. The number of aromatic nitrogens is 1. The normalized spacial score (nSPS) is 10.3. The Hall–Kier alpha value is -1.07. The van der Waals surface area contributed by atoms with Crippen LogP contribution in [0.3, 0.4) is 0 Å². The lowest BCUT2D eigenvalue weighted by Gasteiger charge is -2.04. The van der Waals surface area contributed by atoms with Crippen LogP contribution in [0.4, 0.5) is 5.13 Å². The van der Waals surface area contributed by atoms with Crippen molar-refractivity contribution in [2.45, 2.75) is 0 Å². The molecule has 0 saturated carbocycles. The van der Waals surface area contributed by atoms with Gasteiger partial charge in [-0.3, -0.25) is 0 Å². The minimum atomic E-state index is 0.581. The number of ether oxygens (including phenoxy) is 1. The third kappa shape index (κ3) is 2.13. The van der Waals surface area contributed by atoms with E-state index in [1.165, 1.54) is 11.3 Å². The minimum Gasteiger partial charge on any atom is -0.496 e. The second-order valence-corrected chi connectivity index (χ2v) is 4.66. The number of hydrogen-bond acceptors (Lipinski definition) is 4. The highest BCUT2D eigenvalue weighted by Gasteiger charge is 2.05. The smallest absolute Gasteiger partial charge is 0.180 e. The Morgan fingerprint density at radius 2 is 2.27 bits per heavy atom. The van der Waals surface area contributed by atoms with Gasteiger partial charge in [0.05, 0.1) is 17.3 Å². The maximum atomic E-state index is 5.58. The number of anilines is 1. The van der Waals surface area contributed by atoms with E-state index in [1.807, 2.05) is 23.6 Å². The van der Waals surface area contributed by atoms with Crippen LogP contribution in [0.5, 0.6) is 5.75 Å². The fraction of sp³-hybridized carbons (Fsp3) is 0.100. The molecule has 0 radical (unpaired) electrons. The maximum absolute atomic E-state index is 5.58. The first-order chi connectivity index (χ1) is 7.20. The van der Waals surface area contributed by atoms with Crippen molar-refractivity contribution in [1.29, 1.82) is 0 Å². The molecule has 2 N–H and O–H groups in total. The van der Waals surface area contributed by atoms with E-state index in [4.69, 9.17) is 10.5 Å². The molecule has 15 heavy (non-hydrogen) atoms. The van der Waals surface area contributed by atoms with E-state index >= 15 is 0 Å². The van der Waals surface area contributed by atoms with Crippen LogP contribution in [0.25, 0.3) is 11.3 Å². The van der Waals surface area contributed by atoms with Crippen LogP contribution in [0.15, 0.2) is 28.1 Å². The van der Waals surface area contributed by atoms with E-state index in [0.717, 1.165) is 21.5 Å². The summed E-state index contributed by atoms with van der Waals surface area (Å²) in [6.07, 6.45) is 0. The average molecular weight is 285 g/mol. The van der Waals surface area contributed by atoms with Gasteiger partial charge in [-0.25, -0.2) is 4.98 Å². The first kappa shape index (κ1) is 10.4. The zero-order valence-electron chi connectivity index (χ0n) is 8.03. The third-order valence-corrected chi connectivity index (χ3v) is 3.26. The molecule has 0 aliphatic carbocycles. The van der Waals surface area contributed by atoms with Crippen LogP contribution in [-0.2, 0) is 0 Å². The number of nitrogens with two attached hydrogens (primary N) is 1. The fourth-order valence-electron chi connectivity index (χ4n) is 1.25. The van der Waals surface area contributed by atoms with Crippen LogP contribution >= 0.6 is 27.3 Å². The van der Waals surface area contributed by atoms with Gasteiger partial charge in [0.15, 0.2) is 5.13 Å². The lowest BCUT2D eigenvalue weighted by Crippen LogP contribution is -1.86. The second kappa shape index (κ2) is 4.20. The molecule has 3 nitrogen and oxygen atoms in total. The number of halogens is 1. The van der Waals surface area contributed by atoms with Crippen LogP contribution < -0.4 is 10.5 Å². The van der Waals surface area contributed by atoms with Crippen LogP contribution in [0, 0.1) is 0 Å². The van der Waals surface area contributed by atoms with E-state index in [2.05, 4.69) is 20.9 Å². The monoisotopic (exact) mass is 284 g/mol. The molecule has 2 rings (SSSR count). The van der Waals surface area contributed by atoms with E-state index < -0.39 is 0 Å². The van der Waals surface area contributed by atoms with Crippen LogP contribution in [0.1, 0.15) is 0 Å². The molecule has 0 saturated heterocycles. The van der Waals surface area contributed by atoms with Crippen LogP contribution in [-0.4, -0.2) is 12.1 Å². The summed E-state index contributed by atoms with van der Waals surface area (Å²) >= 11 is 4.87. The number of benzene rings is 1. The molecule has 0 fully saturated rings. The molecule has 0 spiro atoms. The Morgan fingerprint density at radius 1 is 1.47 bits per heavy atom. The van der Waals surface area contributed by atoms with Crippen molar-refractivity contribution in [3.05, 3.63) is 28.1 Å². The third-order valence-electron chi connectivity index (χ3n) is 1.97. The quantitative estimate of drug-likeness (QED) is 0.922. The Kier molecular flexibility index (Phi) is 2.93. The second-order valence-electron chi connectivity index (χ2n) is 2.92. The molecule has 0 atom stereocenters. The molecule has 5 heteroatoms. The Morgan fingerprint density at radius 3 is 2.80 bits per heavy atom. The summed E-state index contributed by atoms with van der Waals surface area (Å²) in [7, 11) is 1.64. The maximum Gasteiger partial charge on any atom is 0.180 e. The van der Waals surface area contributed by atoms with Gasteiger partial charge in [-0.05, 0) is 34.1 Å². The number of thiazole rings is 1. The minimum absolute atomic E-state index is 0.581. The molecular weight excluding hydrogens is 276 g/mol. The molecule has 1 aromatic carbocycles. The van der Waals surface area contributed by atoms with E-state index in [-0.39, 0.29) is 0 Å². The van der Waals surface area contributed by atoms with E-state index in [9.17, 15) is 0 Å². The highest BCUT2D eigenvalue weighted by atomic mass is 79.9. The van der Waals surface area contributed by atoms with Gasteiger partial charge >= 0.3 is 0 Å². The van der Waals surface area contributed by atoms with Gasteiger partial charge in [0, 0.05) is 10.9 Å². The first-order valence-corrected chi connectivity index (χ1v) is 5.93. The molecule has 0 aliphatic rings. The molecule has 0 unspecified atom stereocenters. The summed E-state index contributed by atoms with van der Waals surface area (Å²) in [5.41, 5.74) is 7.49. The van der Waals surface area contributed by atoms with E-state index in [1.54, 1.807) is 7.11 Å². The molecule has 2 aromatic rings. The van der Waals surface area contributed by atoms with Crippen molar-refractivity contribution in [2.75, 3.05) is 12.8 Å². The van der Waals surface area contributed by atoms with Crippen molar-refractivity contribution in [3.8, 4) is 17.0 Å². The lowest BCUT2D eigenvalue weighted by atomic mass is 10.2. The SMILES string of the molecule is COc1ccc(-c2csc(N)n2)cc1Br. The van der Waals surface area contributed by atoms with Crippen LogP contribution in [0.2, 0.25) is 0 Å². The molecule has 0 bridgehead atoms. The molecule has 0 aliphatic heterocycles. The van der Waals surface area contributed by atoms with Gasteiger partial charge in [-0.1, -0.05) is 0 Å². The summed E-state index contributed by atoms with van der Waals surface area (Å²) in [5.74, 6) is 0.807. The number of nitrogen functional groups attached to an aromatic ring is 1. The van der Waals surface area contributed by atoms with Gasteiger partial charge < -0.3 is 10.5 Å². The number of methoxy groups -OCH3 is 1. The van der Waals surface area contributed by atoms with Crippen molar-refractivity contribution in [1.82, 2.24) is 4.98 Å². The Balaban J connectivity index is 2.42. The van der Waals surface area contributed by atoms with Crippen molar-refractivity contribution in [3.63, 3.8) is 0 Å². The summed E-state index contributed by atoms with van der Waals surface area (Å²) in [6.45, 7) is 0. The predicted molar refractivity (Wildman–Crippen MR) is 66.2 cm³/mol. The Labute approximate surface area is 100 Å². The molecule has 0 amide bonds. The number of rotatable bonds is 2. The largest absolute Gasteiger partial charge is 0.496 e. The topological polar surface area (TPSA) is 48.1 Å². The first-order valence-electron chi connectivity index (χ1n) is 4.25. The zero-order chi connectivity index (χ0) is 10.8. The van der Waals surface area contributed by atoms with Gasteiger partial charge in [0.2, 0.25) is 0 Å². The molecular formula is C10H9BrN2OS. The highest BCUT2D eigenvalue weighted by molar-refractivity contribution is 9.10.